The number of anilines is 3. The van der Waals surface area contributed by atoms with Crippen molar-refractivity contribution in [1.29, 1.82) is 5.41 Å². The van der Waals surface area contributed by atoms with E-state index in [1.807, 2.05) is 24.3 Å². The maximum Gasteiger partial charge on any atom is 0.244 e. The molecule has 1 aliphatic carbocycles. The molecule has 0 radical (unpaired) electrons. The number of carbonyl (C=O) groups is 2. The maximum atomic E-state index is 13.7. The van der Waals surface area contributed by atoms with Crippen molar-refractivity contribution in [2.45, 2.75) is 44.6 Å². The number of hydrogen-bond acceptors (Lipinski definition) is 7. The number of benzene rings is 1. The fraction of sp³-hybridized carbons (Fsp3) is 0.375. The Bertz CT molecular complexity index is 1140. The van der Waals surface area contributed by atoms with Crippen LogP contribution in [0.25, 0.3) is 5.57 Å². The summed E-state index contributed by atoms with van der Waals surface area (Å²) in [7, 11) is 0. The van der Waals surface area contributed by atoms with E-state index >= 15 is 0 Å². The van der Waals surface area contributed by atoms with Crippen molar-refractivity contribution in [3.63, 3.8) is 0 Å². The van der Waals surface area contributed by atoms with Crippen LogP contribution in [0, 0.1) is 10.8 Å². The lowest BCUT2D eigenvalue weighted by Gasteiger charge is -2.40. The topological polar surface area (TPSA) is 137 Å². The number of nitrogens with two attached hydrogens (primary N) is 1. The van der Waals surface area contributed by atoms with Crippen LogP contribution in [0.5, 0.6) is 0 Å². The number of nitrogens with zero attached hydrogens (tertiary/aromatic N) is 3. The van der Waals surface area contributed by atoms with Gasteiger partial charge in [-0.1, -0.05) is 25.0 Å². The Kier molecular flexibility index (Phi) is 5.32. The number of allylic oxidation sites excluding steroid dienone is 1. The summed E-state index contributed by atoms with van der Waals surface area (Å²) in [5.74, 6) is 0.701. The predicted octanol–water partition coefficient (Wildman–Crippen LogP) is 2.51. The summed E-state index contributed by atoms with van der Waals surface area (Å²) in [6.07, 6.45) is 9.17. The molecule has 9 heteroatoms. The smallest absolute Gasteiger partial charge is 0.244 e. The summed E-state index contributed by atoms with van der Waals surface area (Å²) in [5.41, 5.74) is 7.61. The molecule has 1 aromatic heterocycles. The largest absolute Gasteiger partial charge is 0.404 e. The van der Waals surface area contributed by atoms with Crippen molar-refractivity contribution in [3.05, 3.63) is 47.8 Å². The van der Waals surface area contributed by atoms with Crippen LogP contribution in [-0.2, 0) is 16.0 Å². The predicted molar refractivity (Wildman–Crippen MR) is 126 cm³/mol. The van der Waals surface area contributed by atoms with Gasteiger partial charge >= 0.3 is 0 Å². The third-order valence-corrected chi connectivity index (χ3v) is 6.96. The number of amides is 2. The molecule has 1 atom stereocenters. The Morgan fingerprint density at radius 2 is 2.00 bits per heavy atom. The number of carbonyl (C=O) groups excluding carboxylic acids is 2. The van der Waals surface area contributed by atoms with Crippen molar-refractivity contribution < 1.29 is 9.59 Å². The van der Waals surface area contributed by atoms with Crippen molar-refractivity contribution >= 4 is 41.1 Å². The molecule has 1 aromatic carbocycles. The Morgan fingerprint density at radius 1 is 1.24 bits per heavy atom. The third kappa shape index (κ3) is 3.53. The molecule has 3 heterocycles. The van der Waals surface area contributed by atoms with Crippen LogP contribution in [0.4, 0.5) is 17.5 Å². The first-order valence-corrected chi connectivity index (χ1v) is 11.3. The highest BCUT2D eigenvalue weighted by Crippen LogP contribution is 2.44. The van der Waals surface area contributed by atoms with E-state index in [-0.39, 0.29) is 17.9 Å². The normalized spacial score (nSPS) is 23.0. The van der Waals surface area contributed by atoms with E-state index in [9.17, 15) is 9.59 Å². The van der Waals surface area contributed by atoms with Gasteiger partial charge in [0.1, 0.15) is 11.2 Å². The minimum atomic E-state index is -1.03. The summed E-state index contributed by atoms with van der Waals surface area (Å²) in [5, 5.41) is 13.5. The second kappa shape index (κ2) is 8.31. The summed E-state index contributed by atoms with van der Waals surface area (Å²) >= 11 is 0. The van der Waals surface area contributed by atoms with Gasteiger partial charge in [0.15, 0.2) is 0 Å². The van der Waals surface area contributed by atoms with Crippen LogP contribution in [0.3, 0.4) is 0 Å². The summed E-state index contributed by atoms with van der Waals surface area (Å²) < 4.78 is 0. The van der Waals surface area contributed by atoms with Crippen LogP contribution < -0.4 is 21.3 Å². The molecule has 1 saturated heterocycles. The third-order valence-electron chi connectivity index (χ3n) is 6.96. The van der Waals surface area contributed by atoms with E-state index in [1.54, 1.807) is 11.1 Å². The van der Waals surface area contributed by atoms with Crippen LogP contribution in [0.2, 0.25) is 0 Å². The molecule has 2 aromatic rings. The van der Waals surface area contributed by atoms with Crippen molar-refractivity contribution in [3.8, 4) is 0 Å². The molecule has 2 aliphatic heterocycles. The molecule has 2 amide bonds. The van der Waals surface area contributed by atoms with E-state index in [1.165, 1.54) is 12.4 Å². The Balaban J connectivity index is 1.47. The highest BCUT2D eigenvalue weighted by Gasteiger charge is 2.56. The van der Waals surface area contributed by atoms with Gasteiger partial charge in [0.2, 0.25) is 17.8 Å². The average Bonchev–Trinajstić information content (AvgIpc) is 3.48. The highest BCUT2D eigenvalue weighted by atomic mass is 16.2. The van der Waals surface area contributed by atoms with Gasteiger partial charge in [-0.2, -0.15) is 4.98 Å². The zero-order valence-corrected chi connectivity index (χ0v) is 18.3. The first-order chi connectivity index (χ1) is 16.1. The molecular formula is C24H27N7O2. The standard InChI is InChI=1S/C24H27N7O2/c25-12-17(13-26)15-5-7-18(8-6-15)29-23-28-14-16-11-24(9-10-27-21(24)32)22(33)31(20(16)30-23)19-3-1-2-4-19/h5-8,12-14,19,25H,1-4,9-11,26H2,(H,27,32)(H,28,29,30)/b17-13+,25-12?/t24-/m1/s1. The van der Waals surface area contributed by atoms with Crippen LogP contribution in [0.1, 0.15) is 43.2 Å². The molecule has 2 fully saturated rings. The Hall–Kier alpha value is -3.75. The van der Waals surface area contributed by atoms with Crippen molar-refractivity contribution in [2.24, 2.45) is 11.1 Å². The molecule has 0 unspecified atom stereocenters. The molecule has 3 aliphatic rings. The number of hydrogen-bond donors (Lipinski definition) is 4. The van der Waals surface area contributed by atoms with Crippen LogP contribution >= 0.6 is 0 Å². The maximum absolute atomic E-state index is 13.7. The summed E-state index contributed by atoms with van der Waals surface area (Å²) in [4.78, 5) is 37.4. The van der Waals surface area contributed by atoms with E-state index in [0.29, 0.717) is 36.7 Å². The van der Waals surface area contributed by atoms with E-state index in [4.69, 9.17) is 16.1 Å². The SMILES string of the molecule is N=C/C(=C\N)c1ccc(Nc2ncc3c(n2)N(C2CCCC2)C(=O)[C@]2(CCNC2=O)C3)cc1. The minimum Gasteiger partial charge on any atom is -0.404 e. The zero-order valence-electron chi connectivity index (χ0n) is 18.3. The Labute approximate surface area is 192 Å². The van der Waals surface area contributed by atoms with E-state index in [0.717, 1.165) is 42.5 Å². The minimum absolute atomic E-state index is 0.0615. The fourth-order valence-corrected chi connectivity index (χ4v) is 5.17. The lowest BCUT2D eigenvalue weighted by Crippen LogP contribution is -2.56. The van der Waals surface area contributed by atoms with Gasteiger partial charge in [0.05, 0.1) is 0 Å². The second-order valence-electron chi connectivity index (χ2n) is 8.89. The summed E-state index contributed by atoms with van der Waals surface area (Å²) in [6, 6.07) is 7.51. The molecule has 5 N–H and O–H groups in total. The molecule has 170 valence electrons. The van der Waals surface area contributed by atoms with Crippen LogP contribution in [0.15, 0.2) is 36.7 Å². The van der Waals surface area contributed by atoms with Crippen LogP contribution in [-0.4, -0.2) is 40.6 Å². The Morgan fingerprint density at radius 3 is 2.64 bits per heavy atom. The summed E-state index contributed by atoms with van der Waals surface area (Å²) in [6.45, 7) is 0.522. The second-order valence-corrected chi connectivity index (χ2v) is 8.89. The number of fused-ring (bicyclic) bond motifs is 1. The first kappa shape index (κ1) is 21.1. The lowest BCUT2D eigenvalue weighted by molar-refractivity contribution is -0.140. The van der Waals surface area contributed by atoms with Crippen molar-refractivity contribution in [1.82, 2.24) is 15.3 Å². The molecule has 1 saturated carbocycles. The van der Waals surface area contributed by atoms with Gasteiger partial charge in [-0.3, -0.25) is 14.5 Å². The van der Waals surface area contributed by atoms with Gasteiger partial charge in [-0.05, 0) is 37.0 Å². The molecule has 9 nitrogen and oxygen atoms in total. The van der Waals surface area contributed by atoms with Crippen molar-refractivity contribution in [2.75, 3.05) is 16.8 Å². The first-order valence-electron chi connectivity index (χ1n) is 11.3. The zero-order chi connectivity index (χ0) is 23.0. The van der Waals surface area contributed by atoms with E-state index < -0.39 is 5.41 Å². The van der Waals surface area contributed by atoms with Gasteiger partial charge in [-0.15, -0.1) is 0 Å². The number of nitrogens with one attached hydrogen (secondary N) is 3. The van der Waals surface area contributed by atoms with Gasteiger partial charge in [-0.25, -0.2) is 4.98 Å². The molecule has 1 spiro atoms. The van der Waals surface area contributed by atoms with Gasteiger partial charge in [0.25, 0.3) is 0 Å². The molecule has 0 bridgehead atoms. The number of aromatic nitrogens is 2. The van der Waals surface area contributed by atoms with Gasteiger partial charge in [0, 0.05) is 54.4 Å². The van der Waals surface area contributed by atoms with Gasteiger partial charge < -0.3 is 21.8 Å². The number of rotatable bonds is 5. The lowest BCUT2D eigenvalue weighted by atomic mass is 9.76. The fourth-order valence-electron chi connectivity index (χ4n) is 5.17. The average molecular weight is 446 g/mol. The molecule has 5 rings (SSSR count). The monoisotopic (exact) mass is 445 g/mol. The molecule has 33 heavy (non-hydrogen) atoms. The molecular weight excluding hydrogens is 418 g/mol. The van der Waals surface area contributed by atoms with E-state index in [2.05, 4.69) is 15.6 Å². The highest BCUT2D eigenvalue weighted by molar-refractivity contribution is 6.14. The quantitative estimate of drug-likeness (QED) is 0.412.